The molecule has 164 valence electrons. The molecule has 3 amide bonds. The van der Waals surface area contributed by atoms with E-state index in [1.165, 1.54) is 0 Å². The molecular formula is C20H28ClN5O3S. The fraction of sp³-hybridized carbons (Fsp3) is 0.600. The van der Waals surface area contributed by atoms with Crippen LogP contribution < -0.4 is 20.9 Å². The van der Waals surface area contributed by atoms with Crippen LogP contribution in [0.15, 0.2) is 18.2 Å². The molecule has 3 heterocycles. The molecule has 1 unspecified atom stereocenters. The second kappa shape index (κ2) is 9.64. The topological polar surface area (TPSA) is 85.9 Å². The van der Waals surface area contributed by atoms with Crippen LogP contribution in [-0.4, -0.2) is 86.4 Å². The van der Waals surface area contributed by atoms with Gasteiger partial charge in [-0.15, -0.1) is 0 Å². The summed E-state index contributed by atoms with van der Waals surface area (Å²) in [5.74, 6) is 2.13. The van der Waals surface area contributed by atoms with Crippen molar-refractivity contribution in [3.8, 4) is 0 Å². The largest absolute Gasteiger partial charge is 0.379 e. The normalized spacial score (nSPS) is 25.1. The lowest BCUT2D eigenvalue weighted by Crippen LogP contribution is -2.59. The number of rotatable bonds is 5. The molecule has 8 nitrogen and oxygen atoms in total. The molecule has 0 radical (unpaired) electrons. The van der Waals surface area contributed by atoms with Crippen LogP contribution >= 0.6 is 23.4 Å². The number of urea groups is 1. The van der Waals surface area contributed by atoms with Gasteiger partial charge >= 0.3 is 6.03 Å². The van der Waals surface area contributed by atoms with Gasteiger partial charge in [-0.2, -0.15) is 11.8 Å². The molecule has 0 aromatic heterocycles. The summed E-state index contributed by atoms with van der Waals surface area (Å²) >= 11 is 8.37. The monoisotopic (exact) mass is 453 g/mol. The van der Waals surface area contributed by atoms with E-state index in [2.05, 4.69) is 20.9 Å². The Morgan fingerprint density at radius 2 is 2.13 bits per heavy atom. The Kier molecular flexibility index (Phi) is 6.92. The van der Waals surface area contributed by atoms with Crippen LogP contribution in [-0.2, 0) is 9.53 Å². The number of ether oxygens (including phenoxy) is 1. The smallest absolute Gasteiger partial charge is 0.319 e. The number of piperazine rings is 1. The molecule has 3 fully saturated rings. The summed E-state index contributed by atoms with van der Waals surface area (Å²) in [6.07, 6.45) is 1.07. The van der Waals surface area contributed by atoms with Gasteiger partial charge in [0.2, 0.25) is 5.91 Å². The SMILES string of the molecule is O=C1CN(c2ccc(NC(=O)NCC3(N4CCOCC4)CCSC3)cc2Cl)CCN1. The number of hydrogen-bond acceptors (Lipinski definition) is 6. The minimum absolute atomic E-state index is 0.00211. The maximum absolute atomic E-state index is 12.6. The number of hydrogen-bond donors (Lipinski definition) is 3. The summed E-state index contributed by atoms with van der Waals surface area (Å²) in [4.78, 5) is 28.6. The first-order chi connectivity index (χ1) is 14.6. The minimum Gasteiger partial charge on any atom is -0.379 e. The highest BCUT2D eigenvalue weighted by molar-refractivity contribution is 7.99. The number of halogens is 1. The second-order valence-corrected chi connectivity index (χ2v) is 9.38. The Hall–Kier alpha value is -1.68. The molecule has 3 aliphatic rings. The number of carbonyl (C=O) groups excluding carboxylic acids is 2. The summed E-state index contributed by atoms with van der Waals surface area (Å²) in [7, 11) is 0. The molecule has 1 aromatic rings. The van der Waals surface area contributed by atoms with E-state index < -0.39 is 0 Å². The van der Waals surface area contributed by atoms with Gasteiger partial charge in [-0.3, -0.25) is 9.69 Å². The van der Waals surface area contributed by atoms with Crippen molar-refractivity contribution in [1.82, 2.24) is 15.5 Å². The van der Waals surface area contributed by atoms with Gasteiger partial charge in [0.25, 0.3) is 0 Å². The number of carbonyl (C=O) groups is 2. The van der Waals surface area contributed by atoms with Crippen molar-refractivity contribution in [2.24, 2.45) is 0 Å². The number of thioether (sulfide) groups is 1. The van der Waals surface area contributed by atoms with Gasteiger partial charge in [0.1, 0.15) is 0 Å². The Bertz CT molecular complexity index is 784. The molecule has 0 aliphatic carbocycles. The Balaban J connectivity index is 1.34. The number of nitrogens with one attached hydrogen (secondary N) is 3. The van der Waals surface area contributed by atoms with Crippen molar-refractivity contribution in [2.75, 3.05) is 74.2 Å². The first kappa shape index (κ1) is 21.5. The molecule has 30 heavy (non-hydrogen) atoms. The molecule has 3 saturated heterocycles. The van der Waals surface area contributed by atoms with Gasteiger partial charge < -0.3 is 25.6 Å². The van der Waals surface area contributed by atoms with Crippen molar-refractivity contribution >= 4 is 46.7 Å². The second-order valence-electron chi connectivity index (χ2n) is 7.87. The molecule has 1 atom stereocenters. The zero-order valence-electron chi connectivity index (χ0n) is 16.9. The fourth-order valence-corrected chi connectivity index (χ4v) is 6.02. The van der Waals surface area contributed by atoms with Crippen LogP contribution in [0.3, 0.4) is 0 Å². The van der Waals surface area contributed by atoms with Gasteiger partial charge in [-0.1, -0.05) is 11.6 Å². The first-order valence-electron chi connectivity index (χ1n) is 10.3. The van der Waals surface area contributed by atoms with E-state index in [-0.39, 0.29) is 24.0 Å². The van der Waals surface area contributed by atoms with Gasteiger partial charge in [-0.05, 0) is 30.4 Å². The molecule has 0 saturated carbocycles. The van der Waals surface area contributed by atoms with E-state index in [1.54, 1.807) is 6.07 Å². The number of benzene rings is 1. The third-order valence-electron chi connectivity index (χ3n) is 5.93. The Morgan fingerprint density at radius 1 is 1.30 bits per heavy atom. The van der Waals surface area contributed by atoms with Crippen molar-refractivity contribution in [2.45, 2.75) is 12.0 Å². The molecule has 3 N–H and O–H groups in total. The molecular weight excluding hydrogens is 426 g/mol. The fourth-order valence-electron chi connectivity index (χ4n) is 4.24. The predicted octanol–water partition coefficient (Wildman–Crippen LogP) is 1.61. The van der Waals surface area contributed by atoms with Crippen LogP contribution in [0.5, 0.6) is 0 Å². The molecule has 1 aromatic carbocycles. The predicted molar refractivity (Wildman–Crippen MR) is 121 cm³/mol. The van der Waals surface area contributed by atoms with Gasteiger partial charge in [0.05, 0.1) is 30.5 Å². The first-order valence-corrected chi connectivity index (χ1v) is 11.9. The highest BCUT2D eigenvalue weighted by Crippen LogP contribution is 2.34. The lowest BCUT2D eigenvalue weighted by molar-refractivity contribution is -0.120. The lowest BCUT2D eigenvalue weighted by Gasteiger charge is -2.43. The quantitative estimate of drug-likeness (QED) is 0.628. The van der Waals surface area contributed by atoms with Crippen molar-refractivity contribution < 1.29 is 14.3 Å². The van der Waals surface area contributed by atoms with Gasteiger partial charge in [0, 0.05) is 49.7 Å². The average molecular weight is 454 g/mol. The molecule has 4 rings (SSSR count). The highest BCUT2D eigenvalue weighted by atomic mass is 35.5. The van der Waals surface area contributed by atoms with E-state index >= 15 is 0 Å². The van der Waals surface area contributed by atoms with E-state index in [0.717, 1.165) is 49.9 Å². The van der Waals surface area contributed by atoms with Crippen LogP contribution in [0.1, 0.15) is 6.42 Å². The maximum atomic E-state index is 12.6. The van der Waals surface area contributed by atoms with Crippen molar-refractivity contribution in [1.29, 1.82) is 0 Å². The average Bonchev–Trinajstić information content (AvgIpc) is 3.23. The van der Waals surface area contributed by atoms with Gasteiger partial charge in [0.15, 0.2) is 0 Å². The number of anilines is 2. The summed E-state index contributed by atoms with van der Waals surface area (Å²) in [5.41, 5.74) is 1.43. The molecule has 3 aliphatic heterocycles. The van der Waals surface area contributed by atoms with Crippen molar-refractivity contribution in [3.05, 3.63) is 23.2 Å². The van der Waals surface area contributed by atoms with Crippen LogP contribution in [0, 0.1) is 0 Å². The van der Waals surface area contributed by atoms with Crippen molar-refractivity contribution in [3.63, 3.8) is 0 Å². The molecule has 0 bridgehead atoms. The van der Waals surface area contributed by atoms with E-state index in [0.29, 0.717) is 30.3 Å². The standard InChI is InChI=1S/C20H28ClN5O3S/c21-16-11-15(1-2-17(16)25-5-4-22-18(27)12-25)24-19(28)23-13-20(3-10-30-14-20)26-6-8-29-9-7-26/h1-2,11H,3-10,12-14H2,(H,22,27)(H2,23,24,28). The van der Waals surface area contributed by atoms with E-state index in [4.69, 9.17) is 16.3 Å². The zero-order valence-corrected chi connectivity index (χ0v) is 18.5. The number of morpholine rings is 1. The van der Waals surface area contributed by atoms with E-state index in [1.807, 2.05) is 28.8 Å². The molecule has 10 heteroatoms. The van der Waals surface area contributed by atoms with Crippen LogP contribution in [0.2, 0.25) is 5.02 Å². The Labute approximate surface area is 186 Å². The highest BCUT2D eigenvalue weighted by Gasteiger charge is 2.40. The van der Waals surface area contributed by atoms with Crippen LogP contribution in [0.25, 0.3) is 0 Å². The third-order valence-corrected chi connectivity index (χ3v) is 7.46. The summed E-state index contributed by atoms with van der Waals surface area (Å²) < 4.78 is 5.49. The van der Waals surface area contributed by atoms with Gasteiger partial charge in [-0.25, -0.2) is 4.79 Å². The molecule has 0 spiro atoms. The van der Waals surface area contributed by atoms with E-state index in [9.17, 15) is 9.59 Å². The van der Waals surface area contributed by atoms with Crippen LogP contribution in [0.4, 0.5) is 16.2 Å². The zero-order chi connectivity index (χ0) is 21.0. The Morgan fingerprint density at radius 3 is 2.83 bits per heavy atom. The number of amides is 3. The lowest BCUT2D eigenvalue weighted by atomic mass is 9.95. The summed E-state index contributed by atoms with van der Waals surface area (Å²) in [6.45, 7) is 5.53. The summed E-state index contributed by atoms with van der Waals surface area (Å²) in [6, 6.07) is 5.16. The third kappa shape index (κ3) is 4.96. The summed E-state index contributed by atoms with van der Waals surface area (Å²) in [5, 5.41) is 9.26. The maximum Gasteiger partial charge on any atom is 0.319 e. The number of nitrogens with zero attached hydrogens (tertiary/aromatic N) is 2. The minimum atomic E-state index is -0.235.